The lowest BCUT2D eigenvalue weighted by Crippen LogP contribution is -2.43. The molecule has 4 aromatic carbocycles. The number of nitrogens with one attached hydrogen (secondary N) is 1. The molecule has 0 aliphatic carbocycles. The van der Waals surface area contributed by atoms with Crippen LogP contribution in [0.15, 0.2) is 84.9 Å². The van der Waals surface area contributed by atoms with E-state index in [0.29, 0.717) is 17.0 Å². The molecule has 7 nitrogen and oxygen atoms in total. The number of halogens is 1. The molecule has 0 saturated carbocycles. The highest BCUT2D eigenvalue weighted by atomic mass is 19.1. The van der Waals surface area contributed by atoms with Crippen molar-refractivity contribution in [1.29, 1.82) is 0 Å². The first kappa shape index (κ1) is 22.9. The van der Waals surface area contributed by atoms with Crippen LogP contribution in [0.25, 0.3) is 22.3 Å². The summed E-state index contributed by atoms with van der Waals surface area (Å²) in [7, 11) is 0. The summed E-state index contributed by atoms with van der Waals surface area (Å²) >= 11 is 0. The molecule has 1 amide bonds. The zero-order valence-corrected chi connectivity index (χ0v) is 19.1. The molecule has 180 valence electrons. The molecule has 0 fully saturated rings. The van der Waals surface area contributed by atoms with Crippen LogP contribution in [0.4, 0.5) is 20.6 Å². The number of rotatable bonds is 5. The van der Waals surface area contributed by atoms with Gasteiger partial charge in [0.2, 0.25) is 0 Å². The van der Waals surface area contributed by atoms with Crippen LogP contribution in [-0.2, 0) is 0 Å². The summed E-state index contributed by atoms with van der Waals surface area (Å²) in [6.45, 7) is 1.93. The van der Waals surface area contributed by atoms with E-state index in [4.69, 9.17) is 9.84 Å². The van der Waals surface area contributed by atoms with Gasteiger partial charge in [-0.1, -0.05) is 54.1 Å². The number of nitrogens with zero attached hydrogens (tertiary/aromatic N) is 1. The summed E-state index contributed by atoms with van der Waals surface area (Å²) in [6, 6.07) is 23.5. The zero-order chi connectivity index (χ0) is 25.4. The van der Waals surface area contributed by atoms with Gasteiger partial charge in [-0.25, -0.2) is 18.9 Å². The molecule has 4 aromatic rings. The largest absolute Gasteiger partial charge is 0.478 e. The number of amides is 1. The number of benzene rings is 4. The molecule has 1 aliphatic heterocycles. The molecule has 0 spiro atoms. The number of aryl methyl sites for hydroxylation is 1. The third kappa shape index (κ3) is 4.32. The minimum absolute atomic E-state index is 0.192. The van der Waals surface area contributed by atoms with Crippen LogP contribution in [0.3, 0.4) is 0 Å². The number of carbonyl (C=O) groups is 2. The molecule has 5 rings (SSSR count). The molecule has 8 heteroatoms. The fraction of sp³-hybridized carbons (Fsp3) is 0.0714. The molecular weight excluding hydrogens is 463 g/mol. The first-order chi connectivity index (χ1) is 17.3. The Labute approximate surface area is 206 Å². The molecule has 0 radical (unpaired) electrons. The van der Waals surface area contributed by atoms with E-state index >= 15 is 4.39 Å². The lowest BCUT2D eigenvalue weighted by atomic mass is 9.98. The van der Waals surface area contributed by atoms with Gasteiger partial charge in [0.15, 0.2) is 0 Å². The summed E-state index contributed by atoms with van der Waals surface area (Å²) in [5.41, 5.74) is 4.28. The van der Waals surface area contributed by atoms with Gasteiger partial charge in [0, 0.05) is 5.56 Å². The van der Waals surface area contributed by atoms with E-state index in [-0.39, 0.29) is 16.8 Å². The Morgan fingerprint density at radius 3 is 2.03 bits per heavy atom. The molecule has 36 heavy (non-hydrogen) atoms. The highest BCUT2D eigenvalue weighted by Crippen LogP contribution is 2.40. The van der Waals surface area contributed by atoms with Crippen molar-refractivity contribution in [3.63, 3.8) is 0 Å². The van der Waals surface area contributed by atoms with Gasteiger partial charge in [-0.2, -0.15) is 0 Å². The molecule has 0 saturated heterocycles. The van der Waals surface area contributed by atoms with Gasteiger partial charge in [-0.3, -0.25) is 0 Å². The molecule has 1 atom stereocenters. The lowest BCUT2D eigenvalue weighted by molar-refractivity contribution is 0.0696. The normalized spacial score (nSPS) is 14.2. The predicted molar refractivity (Wildman–Crippen MR) is 134 cm³/mol. The number of hydrogen-bond acceptors (Lipinski definition) is 4. The number of hydrogen-bond donors (Lipinski definition) is 3. The quantitative estimate of drug-likeness (QED) is 0.302. The van der Waals surface area contributed by atoms with Crippen LogP contribution < -0.4 is 15.0 Å². The predicted octanol–water partition coefficient (Wildman–Crippen LogP) is 6.44. The van der Waals surface area contributed by atoms with Crippen LogP contribution in [-0.4, -0.2) is 28.6 Å². The monoisotopic (exact) mass is 484 g/mol. The Balaban J connectivity index is 1.43. The number of fused-ring (bicyclic) bond motifs is 1. The molecule has 1 unspecified atom stereocenters. The van der Waals surface area contributed by atoms with Crippen molar-refractivity contribution in [3.05, 3.63) is 102 Å². The van der Waals surface area contributed by atoms with E-state index in [1.54, 1.807) is 48.5 Å². The van der Waals surface area contributed by atoms with Crippen LogP contribution in [0.1, 0.15) is 15.9 Å². The second kappa shape index (κ2) is 9.07. The Hall–Kier alpha value is -4.85. The molecular formula is C28H21FN2O5. The van der Waals surface area contributed by atoms with Crippen molar-refractivity contribution in [2.45, 2.75) is 13.3 Å². The summed E-state index contributed by atoms with van der Waals surface area (Å²) in [6.07, 6.45) is -2.29. The zero-order valence-electron chi connectivity index (χ0n) is 19.1. The number of anilines is 2. The van der Waals surface area contributed by atoms with Crippen molar-refractivity contribution in [1.82, 2.24) is 0 Å². The highest BCUT2D eigenvalue weighted by Gasteiger charge is 2.36. The SMILES string of the molecule is Cc1ccc(OC2Nc3cc(F)c(-c4ccc(-c5ccc(C(=O)O)cc5)cc4)cc3N2C(=O)O)cc1. The Kier molecular flexibility index (Phi) is 5.77. The number of carboxylic acid groups (broad SMARTS) is 2. The Morgan fingerprint density at radius 1 is 0.861 bits per heavy atom. The number of ether oxygens (including phenoxy) is 1. The van der Waals surface area contributed by atoms with Crippen LogP contribution in [0.5, 0.6) is 5.75 Å². The van der Waals surface area contributed by atoms with Gasteiger partial charge >= 0.3 is 12.1 Å². The van der Waals surface area contributed by atoms with E-state index < -0.39 is 24.2 Å². The summed E-state index contributed by atoms with van der Waals surface area (Å²) in [5.74, 6) is -1.04. The summed E-state index contributed by atoms with van der Waals surface area (Å²) < 4.78 is 20.9. The topological polar surface area (TPSA) is 99.1 Å². The first-order valence-corrected chi connectivity index (χ1v) is 11.1. The minimum Gasteiger partial charge on any atom is -0.478 e. The smallest absolute Gasteiger partial charge is 0.416 e. The van der Waals surface area contributed by atoms with E-state index in [2.05, 4.69) is 5.32 Å². The second-order valence-electron chi connectivity index (χ2n) is 8.39. The molecule has 3 N–H and O–H groups in total. The highest BCUT2D eigenvalue weighted by molar-refractivity contribution is 5.96. The van der Waals surface area contributed by atoms with Crippen molar-refractivity contribution in [3.8, 4) is 28.0 Å². The third-order valence-corrected chi connectivity index (χ3v) is 5.99. The molecule has 0 aromatic heterocycles. The van der Waals surface area contributed by atoms with Gasteiger partial charge in [0.1, 0.15) is 11.6 Å². The van der Waals surface area contributed by atoms with Gasteiger partial charge in [0.05, 0.1) is 16.9 Å². The summed E-state index contributed by atoms with van der Waals surface area (Å²) in [5, 5.41) is 21.9. The fourth-order valence-corrected chi connectivity index (χ4v) is 4.10. The summed E-state index contributed by atoms with van der Waals surface area (Å²) in [4.78, 5) is 24.2. The average molecular weight is 484 g/mol. The van der Waals surface area contributed by atoms with E-state index in [9.17, 15) is 14.7 Å². The maximum Gasteiger partial charge on any atom is 0.416 e. The first-order valence-electron chi connectivity index (χ1n) is 11.1. The van der Waals surface area contributed by atoms with E-state index in [1.165, 1.54) is 24.3 Å². The van der Waals surface area contributed by atoms with Crippen LogP contribution in [0.2, 0.25) is 0 Å². The lowest BCUT2D eigenvalue weighted by Gasteiger charge is -2.22. The Bertz CT molecular complexity index is 1450. The van der Waals surface area contributed by atoms with Gasteiger partial charge in [-0.05, 0) is 60.0 Å². The molecule has 1 heterocycles. The van der Waals surface area contributed by atoms with Crippen molar-refractivity contribution in [2.75, 3.05) is 10.2 Å². The van der Waals surface area contributed by atoms with E-state index in [0.717, 1.165) is 21.6 Å². The average Bonchev–Trinajstić information content (AvgIpc) is 3.21. The molecule has 1 aliphatic rings. The van der Waals surface area contributed by atoms with Crippen molar-refractivity contribution < 1.29 is 28.9 Å². The van der Waals surface area contributed by atoms with Crippen LogP contribution in [0, 0.1) is 12.7 Å². The van der Waals surface area contributed by atoms with Gasteiger partial charge in [-0.15, -0.1) is 0 Å². The maximum atomic E-state index is 15.1. The van der Waals surface area contributed by atoms with E-state index in [1.807, 2.05) is 19.1 Å². The van der Waals surface area contributed by atoms with Gasteiger partial charge in [0.25, 0.3) is 6.35 Å². The van der Waals surface area contributed by atoms with Crippen LogP contribution >= 0.6 is 0 Å². The Morgan fingerprint density at radius 2 is 1.44 bits per heavy atom. The fourth-order valence-electron chi connectivity index (χ4n) is 4.10. The third-order valence-electron chi connectivity index (χ3n) is 5.99. The van der Waals surface area contributed by atoms with Crippen molar-refractivity contribution in [2.24, 2.45) is 0 Å². The minimum atomic E-state index is -1.24. The maximum absolute atomic E-state index is 15.1. The number of carboxylic acids is 1. The molecule has 0 bridgehead atoms. The standard InChI is InChI=1S/C28H21FN2O5/c1-16-2-12-21(13-3-16)36-27-30-24-15-23(29)22(14-25(24)31(27)28(34)35)19-8-4-17(5-9-19)18-6-10-20(11-7-18)26(32)33/h2-15,27,30H,1H3,(H,32,33)(H,34,35). The van der Waals surface area contributed by atoms with Gasteiger partial charge < -0.3 is 20.3 Å². The van der Waals surface area contributed by atoms with Crippen molar-refractivity contribution >= 4 is 23.4 Å². The number of aromatic carboxylic acids is 1. The second-order valence-corrected chi connectivity index (χ2v) is 8.39.